The number of ether oxygens (including phenoxy) is 10. The molecule has 6 unspecified atom stereocenters. The van der Waals surface area contributed by atoms with Crippen LogP contribution in [0.1, 0.15) is 174 Å². The number of aliphatic hydroxyl groups is 4. The van der Waals surface area contributed by atoms with Crippen molar-refractivity contribution >= 4 is 47.4 Å². The maximum atomic E-state index is 12.9. The predicted molar refractivity (Wildman–Crippen MR) is 324 cm³/mol. The highest BCUT2D eigenvalue weighted by Gasteiger charge is 2.40. The number of carbonyl (C=O) groups is 8. The van der Waals surface area contributed by atoms with Gasteiger partial charge in [0.15, 0.2) is 18.9 Å². The zero-order chi connectivity index (χ0) is 67.7. The summed E-state index contributed by atoms with van der Waals surface area (Å²) in [5.74, 6) is -4.15. The number of carboxylic acids is 1. The molecule has 0 spiro atoms. The van der Waals surface area contributed by atoms with Crippen LogP contribution >= 0.6 is 0 Å². The molecule has 1 rings (SSSR count). The third kappa shape index (κ3) is 37.4. The lowest BCUT2D eigenvalue weighted by molar-refractivity contribution is -0.266. The number of nitrogens with zero attached hydrogens (tertiary/aromatic N) is 1. The highest BCUT2D eigenvalue weighted by molar-refractivity contribution is 6.13. The lowest BCUT2D eigenvalue weighted by Gasteiger charge is -2.41. The number of imide groups is 1. The molecule has 1 aliphatic heterocycles. The van der Waals surface area contributed by atoms with Crippen molar-refractivity contribution in [2.24, 2.45) is 16.2 Å². The van der Waals surface area contributed by atoms with Crippen molar-refractivity contribution in [1.82, 2.24) is 20.9 Å². The summed E-state index contributed by atoms with van der Waals surface area (Å²) >= 11 is 0. The van der Waals surface area contributed by atoms with Gasteiger partial charge in [0.05, 0.1) is 88.0 Å². The summed E-state index contributed by atoms with van der Waals surface area (Å²) < 4.78 is 59.6. The number of carbonyl (C=O) groups excluding carboxylic acids is 7. The first kappa shape index (κ1) is 82.2. The molecule has 0 saturated heterocycles. The fourth-order valence-electron chi connectivity index (χ4n) is 8.65. The highest BCUT2D eigenvalue weighted by atomic mass is 16.7. The Morgan fingerprint density at radius 1 is 0.472 bits per heavy atom. The molecule has 0 radical (unpaired) electrons. The minimum atomic E-state index is -1.21. The molecule has 0 aromatic rings. The summed E-state index contributed by atoms with van der Waals surface area (Å²) in [5, 5.41) is 58.7. The van der Waals surface area contributed by atoms with Gasteiger partial charge in [-0.05, 0) is 103 Å². The molecule has 0 aromatic heterocycles. The summed E-state index contributed by atoms with van der Waals surface area (Å²) in [6.45, 7) is 25.0. The van der Waals surface area contributed by atoms with E-state index in [-0.39, 0.29) is 142 Å². The molecule has 27 nitrogen and oxygen atoms in total. The summed E-state index contributed by atoms with van der Waals surface area (Å²) in [6, 6.07) is 0. The molecule has 5 amide bonds. The Morgan fingerprint density at radius 2 is 0.888 bits per heavy atom. The predicted octanol–water partition coefficient (Wildman–Crippen LogP) is 3.75. The minimum absolute atomic E-state index is 0.00641. The van der Waals surface area contributed by atoms with Crippen LogP contribution < -0.4 is 16.0 Å². The van der Waals surface area contributed by atoms with Crippen molar-refractivity contribution in [3.05, 3.63) is 12.2 Å². The molecule has 0 saturated carbocycles. The Balaban J connectivity index is 2.75. The number of hydrogen-bond donors (Lipinski definition) is 8. The first-order valence-electron chi connectivity index (χ1n) is 30.8. The van der Waals surface area contributed by atoms with E-state index < -0.39 is 120 Å². The van der Waals surface area contributed by atoms with E-state index >= 15 is 0 Å². The molecule has 0 aromatic carbocycles. The number of aliphatic hydroxyl groups excluding tert-OH is 4. The van der Waals surface area contributed by atoms with Crippen molar-refractivity contribution in [3.63, 3.8) is 0 Å². The van der Waals surface area contributed by atoms with E-state index in [4.69, 9.17) is 52.5 Å². The van der Waals surface area contributed by atoms with Gasteiger partial charge < -0.3 is 88.9 Å². The molecular formula is C62H110N4O23. The van der Waals surface area contributed by atoms with Crippen molar-refractivity contribution in [2.75, 3.05) is 92.2 Å². The summed E-state index contributed by atoms with van der Waals surface area (Å²) in [4.78, 5) is 97.6. The van der Waals surface area contributed by atoms with Crippen LogP contribution in [0, 0.1) is 16.2 Å². The van der Waals surface area contributed by atoms with Crippen LogP contribution in [0.2, 0.25) is 0 Å². The first-order chi connectivity index (χ1) is 41.4. The number of hydrogen-bond acceptors (Lipinski definition) is 22. The number of rotatable bonds is 50. The van der Waals surface area contributed by atoms with E-state index in [0.717, 1.165) is 17.1 Å². The highest BCUT2D eigenvalue weighted by Crippen LogP contribution is 2.38. The van der Waals surface area contributed by atoms with Crippen LogP contribution in [0.15, 0.2) is 12.2 Å². The molecule has 516 valence electrons. The van der Waals surface area contributed by atoms with Crippen molar-refractivity contribution in [3.8, 4) is 0 Å². The molecule has 27 heteroatoms. The normalized spacial score (nSPS) is 15.5. The van der Waals surface area contributed by atoms with Gasteiger partial charge in [-0.25, -0.2) is 0 Å². The van der Waals surface area contributed by atoms with Crippen LogP contribution in [0.4, 0.5) is 0 Å². The third-order valence-electron chi connectivity index (χ3n) is 14.4. The Labute approximate surface area is 526 Å². The summed E-state index contributed by atoms with van der Waals surface area (Å²) in [5.41, 5.74) is -4.53. The van der Waals surface area contributed by atoms with Crippen LogP contribution in [0.5, 0.6) is 0 Å². The number of esters is 2. The minimum Gasteiger partial charge on any atom is -0.481 e. The van der Waals surface area contributed by atoms with Crippen molar-refractivity contribution in [1.29, 1.82) is 0 Å². The van der Waals surface area contributed by atoms with Crippen LogP contribution in [-0.2, 0) is 85.7 Å². The van der Waals surface area contributed by atoms with Gasteiger partial charge in [-0.15, -0.1) is 0 Å². The van der Waals surface area contributed by atoms with Crippen LogP contribution in [0.3, 0.4) is 0 Å². The second-order valence-electron chi connectivity index (χ2n) is 26.6. The molecule has 0 bridgehead atoms. The van der Waals surface area contributed by atoms with E-state index in [9.17, 15) is 58.8 Å². The number of amides is 5. The van der Waals surface area contributed by atoms with E-state index in [1.165, 1.54) is 0 Å². The zero-order valence-electron chi connectivity index (χ0n) is 55.5. The topological polar surface area (TPSA) is 369 Å². The second-order valence-corrected chi connectivity index (χ2v) is 26.6. The van der Waals surface area contributed by atoms with E-state index in [0.29, 0.717) is 25.7 Å². The Kier molecular flexibility index (Phi) is 37.8. The maximum Gasteiger partial charge on any atom is 0.305 e. The van der Waals surface area contributed by atoms with E-state index in [1.54, 1.807) is 20.8 Å². The van der Waals surface area contributed by atoms with E-state index in [2.05, 4.69) is 16.0 Å². The first-order valence-corrected chi connectivity index (χ1v) is 30.8. The summed E-state index contributed by atoms with van der Waals surface area (Å²) in [7, 11) is 0. The summed E-state index contributed by atoms with van der Waals surface area (Å²) in [6.07, 6.45) is -1.92. The Bertz CT molecular complexity index is 2160. The van der Waals surface area contributed by atoms with Crippen LogP contribution in [-0.4, -0.2) is 224 Å². The molecule has 1 aliphatic rings. The molecule has 8 N–H and O–H groups in total. The van der Waals surface area contributed by atoms with Gasteiger partial charge in [0, 0.05) is 76.9 Å². The fraction of sp³-hybridized carbons (Fsp3) is 0.839. The lowest BCUT2D eigenvalue weighted by Crippen LogP contribution is -2.46. The van der Waals surface area contributed by atoms with Crippen LogP contribution in [0.25, 0.3) is 0 Å². The standard InChI is InChI=1S/C62H110N4O23/c1-57(2,3)43(37-67)84-54(40-70)88-61(11,12)27-25-60(9,10)45(39-69)86-56(42-83-53(79)20-16-18-51(76)77)89-62(13,14)28-26-59(7,8)44(38-68)85-55(87-58(4,5)6)41-82-52(78)19-15-17-46(71)63-29-30-64-48(73)24-33-80-35-36-81-34-31-65-47(72)23-32-66-49(74)21-22-50(66)75/h21-22,43-45,54-56,67-70H,15-20,23-42H2,1-14H3,(H,63,71)(H,64,73)(H,65,72)(H,76,77). The van der Waals surface area contributed by atoms with Gasteiger partial charge in [0.1, 0.15) is 13.2 Å². The average Bonchev–Trinajstić information content (AvgIpc) is 3.29. The largest absolute Gasteiger partial charge is 0.481 e. The number of aliphatic carboxylic acids is 1. The average molecular weight is 1280 g/mol. The molecule has 0 aliphatic carbocycles. The van der Waals surface area contributed by atoms with Gasteiger partial charge in [0.2, 0.25) is 17.7 Å². The molecule has 6 atom stereocenters. The fourth-order valence-corrected chi connectivity index (χ4v) is 8.65. The van der Waals surface area contributed by atoms with Gasteiger partial charge in [-0.3, -0.25) is 43.3 Å². The third-order valence-corrected chi connectivity index (χ3v) is 14.4. The molecule has 0 fully saturated rings. The zero-order valence-corrected chi connectivity index (χ0v) is 55.5. The van der Waals surface area contributed by atoms with Crippen molar-refractivity contribution in [2.45, 2.75) is 228 Å². The number of nitrogens with one attached hydrogen (secondary N) is 3. The number of carboxylic acid groups (broad SMARTS) is 1. The van der Waals surface area contributed by atoms with Crippen molar-refractivity contribution < 1.29 is 111 Å². The van der Waals surface area contributed by atoms with Gasteiger partial charge >= 0.3 is 17.9 Å². The quantitative estimate of drug-likeness (QED) is 0.0186. The van der Waals surface area contributed by atoms with Gasteiger partial charge in [-0.1, -0.05) is 48.5 Å². The molecule has 1 heterocycles. The second kappa shape index (κ2) is 40.9. The molecular weight excluding hydrogens is 1170 g/mol. The smallest absolute Gasteiger partial charge is 0.305 e. The lowest BCUT2D eigenvalue weighted by atomic mass is 9.79. The Hall–Kier alpha value is -4.78. The van der Waals surface area contributed by atoms with Gasteiger partial charge in [0.25, 0.3) is 11.8 Å². The Morgan fingerprint density at radius 3 is 1.34 bits per heavy atom. The van der Waals surface area contributed by atoms with E-state index in [1.807, 2.05) is 76.2 Å². The maximum absolute atomic E-state index is 12.9. The molecule has 89 heavy (non-hydrogen) atoms. The monoisotopic (exact) mass is 1280 g/mol. The van der Waals surface area contributed by atoms with Gasteiger partial charge in [-0.2, -0.15) is 0 Å². The SMILES string of the molecule is CC(C)(C)OC(COC(=O)CCCC(=O)NCCNC(=O)CCOCCOCCNC(=O)CCN1C(=O)C=CC1=O)OC(CO)C(C)(C)CCC(C)(C)OC(COC(=O)CCCC(=O)O)OC(CO)C(C)(C)CCC(C)(C)OC(CO)OC(CO)C(C)(C)C.